The van der Waals surface area contributed by atoms with Gasteiger partial charge >= 0.3 is 0 Å². The first-order chi connectivity index (χ1) is 11.0. The van der Waals surface area contributed by atoms with Crippen LogP contribution in [-0.2, 0) is 7.05 Å². The molecule has 3 rings (SSSR count). The first-order valence-corrected chi connectivity index (χ1v) is 8.69. The Labute approximate surface area is 139 Å². The molecule has 0 atom stereocenters. The highest BCUT2D eigenvalue weighted by atomic mass is 32.1. The van der Waals surface area contributed by atoms with Crippen LogP contribution in [0.2, 0.25) is 0 Å². The third-order valence-electron chi connectivity index (χ3n) is 4.10. The molecule has 0 unspecified atom stereocenters. The van der Waals surface area contributed by atoms with Crippen molar-refractivity contribution in [3.63, 3.8) is 0 Å². The van der Waals surface area contributed by atoms with Crippen LogP contribution in [0.5, 0.6) is 0 Å². The Kier molecular flexibility index (Phi) is 4.61. The molecule has 1 saturated heterocycles. The zero-order chi connectivity index (χ0) is 16.4. The van der Waals surface area contributed by atoms with E-state index >= 15 is 0 Å². The maximum atomic E-state index is 12.2. The minimum absolute atomic E-state index is 0.0542. The van der Waals surface area contributed by atoms with Crippen LogP contribution in [0, 0.1) is 0 Å². The van der Waals surface area contributed by atoms with Crippen molar-refractivity contribution >= 4 is 22.6 Å². The van der Waals surface area contributed by atoms with E-state index in [1.807, 2.05) is 0 Å². The van der Waals surface area contributed by atoms with Gasteiger partial charge in [0.05, 0.1) is 0 Å². The van der Waals surface area contributed by atoms with E-state index in [0.29, 0.717) is 11.6 Å². The summed E-state index contributed by atoms with van der Waals surface area (Å²) in [5.41, 5.74) is 0.595. The van der Waals surface area contributed by atoms with E-state index in [4.69, 9.17) is 0 Å². The van der Waals surface area contributed by atoms with E-state index in [1.165, 1.54) is 11.5 Å². The van der Waals surface area contributed by atoms with E-state index in [2.05, 4.69) is 38.5 Å². The van der Waals surface area contributed by atoms with E-state index in [1.54, 1.807) is 24.0 Å². The van der Waals surface area contributed by atoms with Crippen LogP contribution >= 0.6 is 11.5 Å². The molecule has 23 heavy (non-hydrogen) atoms. The van der Waals surface area contributed by atoms with Crippen molar-refractivity contribution in [2.45, 2.75) is 38.6 Å². The molecule has 2 aromatic heterocycles. The molecule has 3 heterocycles. The second-order valence-electron chi connectivity index (χ2n) is 6.16. The molecule has 0 aliphatic carbocycles. The highest BCUT2D eigenvalue weighted by molar-refractivity contribution is 7.09. The molecule has 124 valence electrons. The summed E-state index contributed by atoms with van der Waals surface area (Å²) in [5, 5.41) is 8.12. The Bertz CT molecular complexity index is 671. The Morgan fingerprint density at radius 2 is 2.13 bits per heavy atom. The number of amides is 1. The molecule has 1 amide bonds. The monoisotopic (exact) mass is 334 g/mol. The first kappa shape index (κ1) is 15.9. The summed E-state index contributed by atoms with van der Waals surface area (Å²) in [6.45, 7) is 5.99. The maximum Gasteiger partial charge on any atom is 0.269 e. The topological polar surface area (TPSA) is 75.9 Å². The molecule has 0 aromatic carbocycles. The highest BCUT2D eigenvalue weighted by Crippen LogP contribution is 2.24. The van der Waals surface area contributed by atoms with Gasteiger partial charge in [-0.05, 0) is 18.9 Å². The Hall–Kier alpha value is -1.96. The predicted molar refractivity (Wildman–Crippen MR) is 89.9 cm³/mol. The van der Waals surface area contributed by atoms with Gasteiger partial charge < -0.3 is 10.2 Å². The second-order valence-corrected chi connectivity index (χ2v) is 6.89. The number of rotatable bonds is 4. The minimum atomic E-state index is -0.0542. The predicted octanol–water partition coefficient (Wildman–Crippen LogP) is 1.79. The normalized spacial score (nSPS) is 16.1. The number of carbonyl (C=O) groups is 1. The molecule has 1 aliphatic rings. The van der Waals surface area contributed by atoms with Gasteiger partial charge in [-0.1, -0.05) is 13.8 Å². The van der Waals surface area contributed by atoms with Gasteiger partial charge in [-0.2, -0.15) is 9.47 Å². The number of anilines is 1. The van der Waals surface area contributed by atoms with Crippen LogP contribution in [0.1, 0.15) is 48.9 Å². The van der Waals surface area contributed by atoms with E-state index < -0.39 is 0 Å². The number of hydrogen-bond donors (Lipinski definition) is 1. The number of carbonyl (C=O) groups excluding carboxylic acids is 1. The molecule has 0 spiro atoms. The summed E-state index contributed by atoms with van der Waals surface area (Å²) in [5.74, 6) is 1.22. The molecule has 0 bridgehead atoms. The number of hydrogen-bond acceptors (Lipinski definition) is 6. The molecule has 1 aliphatic heterocycles. The van der Waals surface area contributed by atoms with Gasteiger partial charge in [-0.25, -0.2) is 4.98 Å². The summed E-state index contributed by atoms with van der Waals surface area (Å²) in [7, 11) is 1.78. The van der Waals surface area contributed by atoms with Gasteiger partial charge in [0.25, 0.3) is 5.91 Å². The largest absolute Gasteiger partial charge is 0.348 e. The Balaban J connectivity index is 1.54. The number of aromatic nitrogens is 4. The zero-order valence-electron chi connectivity index (χ0n) is 13.7. The van der Waals surface area contributed by atoms with Crippen molar-refractivity contribution in [3.8, 4) is 0 Å². The first-order valence-electron chi connectivity index (χ1n) is 7.92. The summed E-state index contributed by atoms with van der Waals surface area (Å²) in [6, 6.07) is 1.94. The average Bonchev–Trinajstić information content (AvgIpc) is 3.17. The number of aryl methyl sites for hydroxylation is 1. The van der Waals surface area contributed by atoms with Gasteiger partial charge in [-0.15, -0.1) is 0 Å². The van der Waals surface area contributed by atoms with E-state index in [9.17, 15) is 4.79 Å². The standard InChI is InChI=1S/C15H22N6OS/c1-10(2)13-18-15(23-19-13)21-8-5-11(6-9-21)17-14(22)12-4-7-16-20(12)3/h4,7,10-11H,5-6,8-9H2,1-3H3,(H,17,22). The van der Waals surface area contributed by atoms with Gasteiger partial charge in [0, 0.05) is 49.8 Å². The van der Waals surface area contributed by atoms with Crippen LogP contribution in [0.15, 0.2) is 12.3 Å². The van der Waals surface area contributed by atoms with Crippen LogP contribution in [0.3, 0.4) is 0 Å². The van der Waals surface area contributed by atoms with Gasteiger partial charge in [-0.3, -0.25) is 9.48 Å². The van der Waals surface area contributed by atoms with Crippen LogP contribution in [-0.4, -0.2) is 44.2 Å². The number of nitrogens with one attached hydrogen (secondary N) is 1. The fourth-order valence-corrected chi connectivity index (χ4v) is 3.52. The Morgan fingerprint density at radius 3 is 2.70 bits per heavy atom. The van der Waals surface area contributed by atoms with E-state index in [-0.39, 0.29) is 11.9 Å². The zero-order valence-corrected chi connectivity index (χ0v) is 14.5. The summed E-state index contributed by atoms with van der Waals surface area (Å²) < 4.78 is 6.01. The lowest BCUT2D eigenvalue weighted by molar-refractivity contribution is 0.0921. The molecule has 8 heteroatoms. The maximum absolute atomic E-state index is 12.2. The van der Waals surface area contributed by atoms with Crippen molar-refractivity contribution in [3.05, 3.63) is 23.8 Å². The van der Waals surface area contributed by atoms with Gasteiger partial charge in [0.15, 0.2) is 0 Å². The smallest absolute Gasteiger partial charge is 0.269 e. The summed E-state index contributed by atoms with van der Waals surface area (Å²) in [4.78, 5) is 19.1. The third-order valence-corrected chi connectivity index (χ3v) is 4.89. The van der Waals surface area contributed by atoms with Crippen LogP contribution in [0.4, 0.5) is 5.13 Å². The molecule has 1 N–H and O–H groups in total. The lowest BCUT2D eigenvalue weighted by atomic mass is 10.1. The highest BCUT2D eigenvalue weighted by Gasteiger charge is 2.24. The molecule has 0 radical (unpaired) electrons. The van der Waals surface area contributed by atoms with Crippen molar-refractivity contribution < 1.29 is 4.79 Å². The van der Waals surface area contributed by atoms with Gasteiger partial charge in [0.1, 0.15) is 11.5 Å². The van der Waals surface area contributed by atoms with Gasteiger partial charge in [0.2, 0.25) is 5.13 Å². The quantitative estimate of drug-likeness (QED) is 0.922. The summed E-state index contributed by atoms with van der Waals surface area (Å²) in [6.07, 6.45) is 3.47. The van der Waals surface area contributed by atoms with Crippen molar-refractivity contribution in [2.24, 2.45) is 7.05 Å². The van der Waals surface area contributed by atoms with Crippen molar-refractivity contribution in [1.29, 1.82) is 0 Å². The molecular weight excluding hydrogens is 312 g/mol. The van der Waals surface area contributed by atoms with Crippen LogP contribution in [0.25, 0.3) is 0 Å². The van der Waals surface area contributed by atoms with Crippen molar-refractivity contribution in [2.75, 3.05) is 18.0 Å². The molecule has 7 nitrogen and oxygen atoms in total. The second kappa shape index (κ2) is 6.66. The minimum Gasteiger partial charge on any atom is -0.348 e. The number of nitrogens with zero attached hydrogens (tertiary/aromatic N) is 5. The third kappa shape index (κ3) is 3.52. The SMILES string of the molecule is CC(C)c1nsc(N2CCC(NC(=O)c3ccnn3C)CC2)n1. The summed E-state index contributed by atoms with van der Waals surface area (Å²) >= 11 is 1.47. The molecular formula is C15H22N6OS. The average molecular weight is 334 g/mol. The lowest BCUT2D eigenvalue weighted by Gasteiger charge is -2.31. The molecule has 2 aromatic rings. The Morgan fingerprint density at radius 1 is 1.39 bits per heavy atom. The number of piperidine rings is 1. The lowest BCUT2D eigenvalue weighted by Crippen LogP contribution is -2.45. The van der Waals surface area contributed by atoms with Crippen LogP contribution < -0.4 is 10.2 Å². The van der Waals surface area contributed by atoms with E-state index in [0.717, 1.165) is 36.9 Å². The van der Waals surface area contributed by atoms with Crippen molar-refractivity contribution in [1.82, 2.24) is 24.5 Å². The molecule has 0 saturated carbocycles. The molecule has 1 fully saturated rings. The fourth-order valence-electron chi connectivity index (χ4n) is 2.66. The fraction of sp³-hybridized carbons (Fsp3) is 0.600.